The predicted molar refractivity (Wildman–Crippen MR) is 108 cm³/mol. The van der Waals surface area contributed by atoms with Gasteiger partial charge in [-0.2, -0.15) is 0 Å². The van der Waals surface area contributed by atoms with Crippen molar-refractivity contribution >= 4 is 51.4 Å². The molecular weight excluding hydrogens is 392 g/mol. The number of hydrogen-bond donors (Lipinski definition) is 0. The van der Waals surface area contributed by atoms with Gasteiger partial charge in [0, 0.05) is 10.6 Å². The molecule has 0 aromatic heterocycles. The molecule has 7 heteroatoms. The van der Waals surface area contributed by atoms with E-state index in [1.807, 2.05) is 30.3 Å². The molecule has 2 amide bonds. The van der Waals surface area contributed by atoms with Crippen molar-refractivity contribution < 1.29 is 19.2 Å². The number of carbonyl (C=O) groups excluding carboxylic acids is 3. The van der Waals surface area contributed by atoms with Crippen LogP contribution in [0.1, 0.15) is 10.4 Å². The summed E-state index contributed by atoms with van der Waals surface area (Å²) < 4.78 is 0. The van der Waals surface area contributed by atoms with E-state index in [0.29, 0.717) is 16.3 Å². The zero-order valence-corrected chi connectivity index (χ0v) is 15.7. The maximum atomic E-state index is 13.1. The Hall–Kier alpha value is -3.51. The number of ketones is 1. The normalized spacial score (nSPS) is 20.6. The Labute approximate surface area is 170 Å². The fourth-order valence-corrected chi connectivity index (χ4v) is 3.82. The molecule has 29 heavy (non-hydrogen) atoms. The smallest absolute Gasteiger partial charge is 0.278 e. The topological polar surface area (TPSA) is 76.0 Å². The van der Waals surface area contributed by atoms with Gasteiger partial charge in [-0.1, -0.05) is 53.2 Å². The van der Waals surface area contributed by atoms with Crippen molar-refractivity contribution in [2.75, 3.05) is 4.90 Å². The average molecular weight is 405 g/mol. The minimum absolute atomic E-state index is 0.0555. The lowest BCUT2D eigenvalue weighted by atomic mass is 9.92. The van der Waals surface area contributed by atoms with Crippen LogP contribution in [-0.4, -0.2) is 29.4 Å². The number of nitrogens with zero attached hydrogens (tertiary/aromatic N) is 2. The zero-order chi connectivity index (χ0) is 20.1. The molecule has 5 rings (SSSR count). The number of halogens is 1. The third-order valence-corrected chi connectivity index (χ3v) is 5.39. The van der Waals surface area contributed by atoms with Crippen LogP contribution in [0.2, 0.25) is 5.02 Å². The molecule has 0 bridgehead atoms. The zero-order valence-electron chi connectivity index (χ0n) is 14.9. The van der Waals surface area contributed by atoms with E-state index in [4.69, 9.17) is 16.4 Å². The highest BCUT2D eigenvalue weighted by atomic mass is 35.5. The van der Waals surface area contributed by atoms with Crippen molar-refractivity contribution in [3.8, 4) is 0 Å². The van der Waals surface area contributed by atoms with Crippen LogP contribution < -0.4 is 4.90 Å². The summed E-state index contributed by atoms with van der Waals surface area (Å²) >= 11 is 5.88. The molecule has 6 nitrogen and oxygen atoms in total. The molecule has 2 heterocycles. The van der Waals surface area contributed by atoms with Gasteiger partial charge in [-0.15, -0.1) is 0 Å². The van der Waals surface area contributed by atoms with E-state index in [9.17, 15) is 14.4 Å². The lowest BCUT2D eigenvalue weighted by Gasteiger charge is -2.15. The number of rotatable bonds is 3. The minimum Gasteiger partial charge on any atom is -0.381 e. The molecule has 142 valence electrons. The van der Waals surface area contributed by atoms with Crippen LogP contribution in [0.15, 0.2) is 71.9 Å². The molecule has 1 fully saturated rings. The lowest BCUT2D eigenvalue weighted by molar-refractivity contribution is -0.126. The minimum atomic E-state index is -1.13. The Bertz CT molecular complexity index is 1220. The van der Waals surface area contributed by atoms with Crippen LogP contribution in [-0.2, 0) is 14.4 Å². The van der Waals surface area contributed by atoms with Crippen molar-refractivity contribution in [2.45, 2.75) is 6.10 Å². The maximum Gasteiger partial charge on any atom is 0.278 e. The summed E-state index contributed by atoms with van der Waals surface area (Å²) in [5.74, 6) is -2.57. The molecule has 2 aliphatic rings. The predicted octanol–water partition coefficient (Wildman–Crippen LogP) is 3.62. The van der Waals surface area contributed by atoms with Gasteiger partial charge in [0.1, 0.15) is 11.6 Å². The maximum absolute atomic E-state index is 13.1. The van der Waals surface area contributed by atoms with Gasteiger partial charge in [-0.05, 0) is 41.1 Å². The Morgan fingerprint density at radius 1 is 0.931 bits per heavy atom. The number of fused-ring (bicyclic) bond motifs is 2. The standard InChI is InChI=1S/C22H13ClN2O4/c23-15-7-9-16(10-8-15)25-21(27)17-18(24-29-20(17)22(25)28)19(26)14-6-5-12-3-1-2-4-13(12)11-14/h1-11,17,20H. The second kappa shape index (κ2) is 6.53. The average Bonchev–Trinajstić information content (AvgIpc) is 3.28. The van der Waals surface area contributed by atoms with Gasteiger partial charge >= 0.3 is 0 Å². The molecule has 0 spiro atoms. The van der Waals surface area contributed by atoms with Crippen molar-refractivity contribution in [1.29, 1.82) is 0 Å². The Morgan fingerprint density at radius 3 is 2.41 bits per heavy atom. The van der Waals surface area contributed by atoms with E-state index in [1.165, 1.54) is 0 Å². The van der Waals surface area contributed by atoms with Gasteiger partial charge in [0.05, 0.1) is 5.69 Å². The molecule has 2 atom stereocenters. The summed E-state index contributed by atoms with van der Waals surface area (Å²) in [4.78, 5) is 45.0. The second-order valence-electron chi connectivity index (χ2n) is 6.86. The van der Waals surface area contributed by atoms with Gasteiger partial charge in [-0.25, -0.2) is 4.90 Å². The van der Waals surface area contributed by atoms with Gasteiger partial charge in [0.2, 0.25) is 17.8 Å². The van der Waals surface area contributed by atoms with Crippen LogP contribution in [0.25, 0.3) is 10.8 Å². The molecule has 0 saturated carbocycles. The lowest BCUT2D eigenvalue weighted by Crippen LogP contribution is -2.34. The van der Waals surface area contributed by atoms with E-state index < -0.39 is 29.6 Å². The molecule has 3 aromatic rings. The summed E-state index contributed by atoms with van der Waals surface area (Å²) in [5.41, 5.74) is 0.705. The van der Waals surface area contributed by atoms with Crippen LogP contribution >= 0.6 is 11.6 Å². The summed E-state index contributed by atoms with van der Waals surface area (Å²) in [6.45, 7) is 0. The largest absolute Gasteiger partial charge is 0.381 e. The van der Waals surface area contributed by atoms with Crippen molar-refractivity contribution in [3.05, 3.63) is 77.3 Å². The summed E-state index contributed by atoms with van der Waals surface area (Å²) in [7, 11) is 0. The molecule has 0 aliphatic carbocycles. The number of amides is 2. The number of imide groups is 1. The van der Waals surface area contributed by atoms with Gasteiger partial charge in [-0.3, -0.25) is 14.4 Å². The monoisotopic (exact) mass is 404 g/mol. The van der Waals surface area contributed by atoms with Crippen molar-refractivity contribution in [3.63, 3.8) is 0 Å². The molecule has 1 saturated heterocycles. The first kappa shape index (κ1) is 17.6. The number of Topliss-reactive ketones (excluding diaryl/α,β-unsaturated/α-hetero) is 1. The number of oxime groups is 1. The SMILES string of the molecule is O=C(C1=NOC2C(=O)N(c3ccc(Cl)cc3)C(=O)C12)c1ccc2ccccc2c1. The molecule has 2 unspecified atom stereocenters. The number of anilines is 1. The fourth-order valence-electron chi connectivity index (χ4n) is 3.69. The molecule has 3 aromatic carbocycles. The first-order chi connectivity index (χ1) is 14.0. The number of benzene rings is 3. The Morgan fingerprint density at radius 2 is 1.66 bits per heavy atom. The van der Waals surface area contributed by atoms with Gasteiger partial charge in [0.15, 0.2) is 0 Å². The van der Waals surface area contributed by atoms with Crippen molar-refractivity contribution in [2.24, 2.45) is 11.1 Å². The summed E-state index contributed by atoms with van der Waals surface area (Å²) in [5, 5.41) is 6.17. The highest BCUT2D eigenvalue weighted by Crippen LogP contribution is 2.34. The number of hydrogen-bond acceptors (Lipinski definition) is 5. The van der Waals surface area contributed by atoms with E-state index in [-0.39, 0.29) is 5.71 Å². The van der Waals surface area contributed by atoms with E-state index in [0.717, 1.165) is 15.7 Å². The second-order valence-corrected chi connectivity index (χ2v) is 7.30. The van der Waals surface area contributed by atoms with Crippen LogP contribution in [0.3, 0.4) is 0 Å². The van der Waals surface area contributed by atoms with E-state index >= 15 is 0 Å². The third kappa shape index (κ3) is 2.72. The molecular formula is C22H13ClN2O4. The van der Waals surface area contributed by atoms with E-state index in [1.54, 1.807) is 36.4 Å². The highest BCUT2D eigenvalue weighted by molar-refractivity contribution is 6.52. The van der Waals surface area contributed by atoms with Crippen LogP contribution in [0.5, 0.6) is 0 Å². The number of carbonyl (C=O) groups is 3. The van der Waals surface area contributed by atoms with Crippen LogP contribution in [0, 0.1) is 5.92 Å². The summed E-state index contributed by atoms with van der Waals surface area (Å²) in [6.07, 6.45) is -1.13. The fraction of sp³-hybridized carbons (Fsp3) is 0.0909. The Balaban J connectivity index is 1.48. The van der Waals surface area contributed by atoms with Gasteiger partial charge < -0.3 is 4.84 Å². The van der Waals surface area contributed by atoms with Crippen molar-refractivity contribution in [1.82, 2.24) is 0 Å². The Kier molecular flexibility index (Phi) is 3.96. The third-order valence-electron chi connectivity index (χ3n) is 5.14. The van der Waals surface area contributed by atoms with Crippen LogP contribution in [0.4, 0.5) is 5.69 Å². The van der Waals surface area contributed by atoms with Gasteiger partial charge in [0.25, 0.3) is 5.91 Å². The summed E-state index contributed by atoms with van der Waals surface area (Å²) in [6, 6.07) is 19.2. The first-order valence-electron chi connectivity index (χ1n) is 8.95. The first-order valence-corrected chi connectivity index (χ1v) is 9.33. The van der Waals surface area contributed by atoms with E-state index in [2.05, 4.69) is 5.16 Å². The highest BCUT2D eigenvalue weighted by Gasteiger charge is 2.57. The molecule has 0 radical (unpaired) electrons. The quantitative estimate of drug-likeness (QED) is 0.493. The molecule has 2 aliphatic heterocycles. The molecule has 0 N–H and O–H groups in total.